The Balaban J connectivity index is 2.21. The first-order valence-corrected chi connectivity index (χ1v) is 8.12. The Labute approximate surface area is 113 Å². The highest BCUT2D eigenvalue weighted by molar-refractivity contribution is 7.90. The second-order valence-electron chi connectivity index (χ2n) is 4.76. The zero-order valence-corrected chi connectivity index (χ0v) is 11.7. The predicted octanol–water partition coefficient (Wildman–Crippen LogP) is 1.89. The van der Waals surface area contributed by atoms with Crippen molar-refractivity contribution in [3.8, 4) is 0 Å². The van der Waals surface area contributed by atoms with Crippen molar-refractivity contribution < 1.29 is 8.42 Å². The standard InChI is InChI=1S/C14H18N2O2S/c1-2-13(15)10-19(17,18)9-11-7-12-5-3-4-6-14(12)16-8-11/h3-8,13H,2,9-10,15H2,1H3. The zero-order chi connectivity index (χ0) is 13.9. The van der Waals surface area contributed by atoms with E-state index in [0.717, 1.165) is 10.9 Å². The average molecular weight is 278 g/mol. The van der Waals surface area contributed by atoms with Crippen LogP contribution in [0.3, 0.4) is 0 Å². The molecule has 5 heteroatoms. The second-order valence-corrected chi connectivity index (χ2v) is 6.87. The van der Waals surface area contributed by atoms with Crippen molar-refractivity contribution in [1.29, 1.82) is 0 Å². The van der Waals surface area contributed by atoms with Gasteiger partial charge in [0.25, 0.3) is 0 Å². The Kier molecular flexibility index (Phi) is 4.17. The molecule has 0 saturated carbocycles. The number of fused-ring (bicyclic) bond motifs is 1. The van der Waals surface area contributed by atoms with Crippen molar-refractivity contribution in [3.63, 3.8) is 0 Å². The fourth-order valence-electron chi connectivity index (χ4n) is 1.95. The lowest BCUT2D eigenvalue weighted by Gasteiger charge is -2.10. The van der Waals surface area contributed by atoms with Gasteiger partial charge in [-0.3, -0.25) is 4.98 Å². The molecule has 4 nitrogen and oxygen atoms in total. The lowest BCUT2D eigenvalue weighted by Crippen LogP contribution is -2.29. The summed E-state index contributed by atoms with van der Waals surface area (Å²) in [7, 11) is -3.18. The Morgan fingerprint density at radius 3 is 2.79 bits per heavy atom. The summed E-state index contributed by atoms with van der Waals surface area (Å²) in [6, 6.07) is 9.23. The molecule has 0 bridgehead atoms. The van der Waals surface area contributed by atoms with E-state index in [1.807, 2.05) is 37.3 Å². The van der Waals surface area contributed by atoms with E-state index in [0.29, 0.717) is 12.0 Å². The highest BCUT2D eigenvalue weighted by Gasteiger charge is 2.16. The molecule has 0 aliphatic carbocycles. The molecular weight excluding hydrogens is 260 g/mol. The highest BCUT2D eigenvalue weighted by Crippen LogP contribution is 2.15. The zero-order valence-electron chi connectivity index (χ0n) is 10.9. The van der Waals surface area contributed by atoms with Gasteiger partial charge in [0.2, 0.25) is 0 Å². The molecule has 1 unspecified atom stereocenters. The van der Waals surface area contributed by atoms with E-state index in [2.05, 4.69) is 4.98 Å². The van der Waals surface area contributed by atoms with E-state index < -0.39 is 9.84 Å². The third-order valence-corrected chi connectivity index (χ3v) is 4.74. The number of pyridine rings is 1. The lowest BCUT2D eigenvalue weighted by atomic mass is 10.2. The number of hydrogen-bond donors (Lipinski definition) is 1. The molecule has 0 amide bonds. The molecule has 102 valence electrons. The first-order valence-electron chi connectivity index (χ1n) is 6.30. The third-order valence-electron chi connectivity index (χ3n) is 3.03. The molecule has 0 fully saturated rings. The van der Waals surface area contributed by atoms with Crippen LogP contribution in [0.5, 0.6) is 0 Å². The van der Waals surface area contributed by atoms with E-state index in [1.165, 1.54) is 0 Å². The van der Waals surface area contributed by atoms with Crippen LogP contribution in [0.2, 0.25) is 0 Å². The van der Waals surface area contributed by atoms with Gasteiger partial charge in [-0.15, -0.1) is 0 Å². The van der Waals surface area contributed by atoms with Gasteiger partial charge in [-0.25, -0.2) is 8.42 Å². The fraction of sp³-hybridized carbons (Fsp3) is 0.357. The summed E-state index contributed by atoms with van der Waals surface area (Å²) < 4.78 is 24.0. The van der Waals surface area contributed by atoms with Crippen LogP contribution in [0.4, 0.5) is 0 Å². The SMILES string of the molecule is CCC(N)CS(=O)(=O)Cc1cnc2ccccc2c1. The second kappa shape index (κ2) is 5.67. The van der Waals surface area contributed by atoms with Crippen LogP contribution in [0.1, 0.15) is 18.9 Å². The van der Waals surface area contributed by atoms with Gasteiger partial charge in [-0.1, -0.05) is 25.1 Å². The van der Waals surface area contributed by atoms with Gasteiger partial charge in [0.05, 0.1) is 17.0 Å². The molecule has 0 spiro atoms. The summed E-state index contributed by atoms with van der Waals surface area (Å²) in [5.41, 5.74) is 7.29. The van der Waals surface area contributed by atoms with Crippen LogP contribution in [0.15, 0.2) is 36.5 Å². The third kappa shape index (κ3) is 3.75. The molecule has 1 aromatic heterocycles. The van der Waals surface area contributed by atoms with Crippen LogP contribution in [-0.4, -0.2) is 25.2 Å². The normalized spacial score (nSPS) is 13.6. The molecule has 0 aliphatic heterocycles. The Hall–Kier alpha value is -1.46. The van der Waals surface area contributed by atoms with Crippen molar-refractivity contribution in [3.05, 3.63) is 42.1 Å². The topological polar surface area (TPSA) is 73.1 Å². The maximum Gasteiger partial charge on any atom is 0.156 e. The first-order chi connectivity index (χ1) is 9.00. The maximum atomic E-state index is 12.0. The van der Waals surface area contributed by atoms with Gasteiger partial charge in [0.1, 0.15) is 0 Å². The Morgan fingerprint density at radius 1 is 1.32 bits per heavy atom. The molecule has 2 aromatic rings. The molecule has 1 atom stereocenters. The quantitative estimate of drug-likeness (QED) is 0.906. The summed E-state index contributed by atoms with van der Waals surface area (Å²) >= 11 is 0. The smallest absolute Gasteiger partial charge is 0.156 e. The van der Waals surface area contributed by atoms with Gasteiger partial charge in [-0.2, -0.15) is 0 Å². The number of nitrogens with zero attached hydrogens (tertiary/aromatic N) is 1. The minimum absolute atomic E-state index is 0.00145. The molecule has 1 aromatic carbocycles. The predicted molar refractivity (Wildman–Crippen MR) is 77.5 cm³/mol. The van der Waals surface area contributed by atoms with Crippen molar-refractivity contribution in [1.82, 2.24) is 4.98 Å². The van der Waals surface area contributed by atoms with Gasteiger partial charge >= 0.3 is 0 Å². The maximum absolute atomic E-state index is 12.0. The number of aromatic nitrogens is 1. The largest absolute Gasteiger partial charge is 0.327 e. The van der Waals surface area contributed by atoms with Crippen LogP contribution in [0.25, 0.3) is 10.9 Å². The van der Waals surface area contributed by atoms with E-state index in [-0.39, 0.29) is 17.5 Å². The monoisotopic (exact) mass is 278 g/mol. The minimum atomic E-state index is -3.18. The lowest BCUT2D eigenvalue weighted by molar-refractivity contribution is 0.583. The van der Waals surface area contributed by atoms with Gasteiger partial charge < -0.3 is 5.73 Å². The van der Waals surface area contributed by atoms with Gasteiger partial charge in [-0.05, 0) is 24.1 Å². The highest BCUT2D eigenvalue weighted by atomic mass is 32.2. The summed E-state index contributed by atoms with van der Waals surface area (Å²) in [6.07, 6.45) is 2.28. The van der Waals surface area contributed by atoms with E-state index in [1.54, 1.807) is 6.20 Å². The van der Waals surface area contributed by atoms with E-state index in [9.17, 15) is 8.42 Å². The van der Waals surface area contributed by atoms with Gasteiger partial charge in [0, 0.05) is 17.6 Å². The van der Waals surface area contributed by atoms with Crippen LogP contribution in [-0.2, 0) is 15.6 Å². The number of hydrogen-bond acceptors (Lipinski definition) is 4. The summed E-state index contributed by atoms with van der Waals surface area (Å²) in [5.74, 6) is 0.0227. The van der Waals surface area contributed by atoms with Crippen LogP contribution >= 0.6 is 0 Å². The number of rotatable bonds is 5. The summed E-state index contributed by atoms with van der Waals surface area (Å²) in [5, 5.41) is 0.954. The number of para-hydroxylation sites is 1. The molecule has 19 heavy (non-hydrogen) atoms. The van der Waals surface area contributed by atoms with Crippen molar-refractivity contribution in [2.45, 2.75) is 25.1 Å². The van der Waals surface area contributed by atoms with Crippen LogP contribution in [0, 0.1) is 0 Å². The molecule has 2 rings (SSSR count). The molecule has 0 radical (unpaired) electrons. The van der Waals surface area contributed by atoms with E-state index in [4.69, 9.17) is 5.73 Å². The van der Waals surface area contributed by atoms with E-state index >= 15 is 0 Å². The first kappa shape index (κ1) is 14.0. The number of nitrogens with two attached hydrogens (primary N) is 1. The molecular formula is C14H18N2O2S. The minimum Gasteiger partial charge on any atom is -0.327 e. The molecule has 0 saturated heterocycles. The molecule has 2 N–H and O–H groups in total. The van der Waals surface area contributed by atoms with Gasteiger partial charge in [0.15, 0.2) is 9.84 Å². The summed E-state index contributed by atoms with van der Waals surface area (Å²) in [4.78, 5) is 4.27. The average Bonchev–Trinajstić information content (AvgIpc) is 2.37. The Morgan fingerprint density at radius 2 is 2.05 bits per heavy atom. The number of benzene rings is 1. The van der Waals surface area contributed by atoms with Crippen molar-refractivity contribution >= 4 is 20.7 Å². The molecule has 0 aliphatic rings. The Bertz CT molecular complexity index is 668. The van der Waals surface area contributed by atoms with Crippen molar-refractivity contribution in [2.75, 3.05) is 5.75 Å². The number of sulfone groups is 1. The van der Waals surface area contributed by atoms with Crippen molar-refractivity contribution in [2.24, 2.45) is 5.73 Å². The fourth-order valence-corrected chi connectivity index (χ4v) is 3.62. The molecule has 1 heterocycles. The summed E-state index contributed by atoms with van der Waals surface area (Å²) in [6.45, 7) is 1.89. The van der Waals surface area contributed by atoms with Crippen LogP contribution < -0.4 is 5.73 Å².